The molecule has 18 heavy (non-hydrogen) atoms. The fraction of sp³-hybridized carbons (Fsp3) is 0.417. The maximum absolute atomic E-state index is 11.8. The molecule has 2 rings (SSSR count). The van der Waals surface area contributed by atoms with Crippen molar-refractivity contribution in [2.45, 2.75) is 32.7 Å². The molecule has 0 bridgehead atoms. The molecule has 0 saturated heterocycles. The number of aromatic amines is 1. The van der Waals surface area contributed by atoms with Crippen LogP contribution < -0.4 is 16.6 Å². The Morgan fingerprint density at radius 1 is 1.50 bits per heavy atom. The number of nitrogens with one attached hydrogen (secondary N) is 2. The number of hydrogen-bond donors (Lipinski definition) is 3. The Bertz CT molecular complexity index is 607. The first-order chi connectivity index (χ1) is 8.61. The third-order valence-corrected chi connectivity index (χ3v) is 2.74. The highest BCUT2D eigenvalue weighted by molar-refractivity contribution is 5.88. The highest BCUT2D eigenvalue weighted by Crippen LogP contribution is 2.18. The summed E-state index contributed by atoms with van der Waals surface area (Å²) in [5, 5.41) is 3.67. The molecule has 0 aromatic carbocycles. The number of pyridine rings is 1. The second kappa shape index (κ2) is 5.03. The lowest BCUT2D eigenvalue weighted by atomic mass is 10.2. The lowest BCUT2D eigenvalue weighted by molar-refractivity contribution is 0.688. The van der Waals surface area contributed by atoms with Crippen molar-refractivity contribution < 1.29 is 0 Å². The normalized spacial score (nSPS) is 12.6. The zero-order chi connectivity index (χ0) is 13.1. The van der Waals surface area contributed by atoms with Crippen LogP contribution in [0.1, 0.15) is 26.7 Å². The Morgan fingerprint density at radius 3 is 3.00 bits per heavy atom. The van der Waals surface area contributed by atoms with E-state index in [0.29, 0.717) is 16.7 Å². The molecule has 96 valence electrons. The van der Waals surface area contributed by atoms with Crippen molar-refractivity contribution in [3.8, 4) is 0 Å². The third-order valence-electron chi connectivity index (χ3n) is 2.74. The number of nitrogen functional groups attached to an aromatic ring is 1. The Kier molecular flexibility index (Phi) is 3.45. The van der Waals surface area contributed by atoms with Gasteiger partial charge in [-0.15, -0.1) is 0 Å². The second-order valence-corrected chi connectivity index (χ2v) is 4.33. The van der Waals surface area contributed by atoms with Crippen LogP contribution in [0.2, 0.25) is 0 Å². The minimum absolute atomic E-state index is 0.166. The first-order valence-corrected chi connectivity index (χ1v) is 6.03. The number of hydrogen-bond acceptors (Lipinski definition) is 5. The van der Waals surface area contributed by atoms with Gasteiger partial charge in [0, 0.05) is 12.2 Å². The summed E-state index contributed by atoms with van der Waals surface area (Å²) in [5.74, 6) is 0.666. The van der Waals surface area contributed by atoms with E-state index in [1.165, 1.54) is 0 Å². The second-order valence-electron chi connectivity index (χ2n) is 4.33. The Labute approximate surface area is 105 Å². The van der Waals surface area contributed by atoms with Gasteiger partial charge in [-0.2, -0.15) is 4.98 Å². The van der Waals surface area contributed by atoms with Crippen molar-refractivity contribution in [3.05, 3.63) is 22.6 Å². The van der Waals surface area contributed by atoms with Gasteiger partial charge in [0.15, 0.2) is 0 Å². The van der Waals surface area contributed by atoms with Crippen molar-refractivity contribution in [1.29, 1.82) is 0 Å². The number of fused-ring (bicyclic) bond motifs is 1. The summed E-state index contributed by atoms with van der Waals surface area (Å²) < 4.78 is 0. The minimum Gasteiger partial charge on any atom is -0.368 e. The fourth-order valence-corrected chi connectivity index (χ4v) is 1.95. The van der Waals surface area contributed by atoms with E-state index >= 15 is 0 Å². The van der Waals surface area contributed by atoms with Crippen molar-refractivity contribution in [2.24, 2.45) is 0 Å². The van der Waals surface area contributed by atoms with Crippen LogP contribution in [0.25, 0.3) is 10.9 Å². The molecule has 0 unspecified atom stereocenters. The summed E-state index contributed by atoms with van der Waals surface area (Å²) >= 11 is 0. The molecule has 0 fully saturated rings. The van der Waals surface area contributed by atoms with E-state index in [2.05, 4.69) is 27.2 Å². The smallest absolute Gasteiger partial charge is 0.261 e. The number of nitrogens with two attached hydrogens (primary N) is 1. The van der Waals surface area contributed by atoms with Gasteiger partial charge in [0.2, 0.25) is 5.95 Å². The molecule has 1 atom stereocenters. The molecular weight excluding hydrogens is 230 g/mol. The van der Waals surface area contributed by atoms with Crippen LogP contribution in [0.3, 0.4) is 0 Å². The van der Waals surface area contributed by atoms with E-state index in [0.717, 1.165) is 12.8 Å². The Morgan fingerprint density at radius 2 is 2.28 bits per heavy atom. The van der Waals surface area contributed by atoms with E-state index in [1.807, 2.05) is 6.92 Å². The predicted octanol–water partition coefficient (Wildman–Crippen LogP) is 1.50. The SMILES string of the molecule is CCC[C@@H](C)Nc1nc(N)nc2cc[nH]c(=O)c12. The highest BCUT2D eigenvalue weighted by Gasteiger charge is 2.11. The van der Waals surface area contributed by atoms with E-state index in [9.17, 15) is 4.79 Å². The first kappa shape index (κ1) is 12.3. The molecule has 0 aliphatic carbocycles. The van der Waals surface area contributed by atoms with Gasteiger partial charge in [0.05, 0.1) is 5.52 Å². The molecule has 2 aromatic heterocycles. The van der Waals surface area contributed by atoms with Crippen LogP contribution >= 0.6 is 0 Å². The van der Waals surface area contributed by atoms with Crippen molar-refractivity contribution in [3.63, 3.8) is 0 Å². The van der Waals surface area contributed by atoms with Crippen LogP contribution in [-0.2, 0) is 0 Å². The minimum atomic E-state index is -0.210. The first-order valence-electron chi connectivity index (χ1n) is 6.03. The van der Waals surface area contributed by atoms with Gasteiger partial charge in [-0.3, -0.25) is 4.79 Å². The van der Waals surface area contributed by atoms with Crippen LogP contribution in [-0.4, -0.2) is 21.0 Å². The summed E-state index contributed by atoms with van der Waals surface area (Å²) in [7, 11) is 0. The number of H-pyrrole nitrogens is 1. The molecule has 2 aromatic rings. The van der Waals surface area contributed by atoms with E-state index < -0.39 is 0 Å². The van der Waals surface area contributed by atoms with Gasteiger partial charge in [0.25, 0.3) is 5.56 Å². The average molecular weight is 247 g/mol. The van der Waals surface area contributed by atoms with Gasteiger partial charge in [-0.1, -0.05) is 13.3 Å². The Balaban J connectivity index is 2.51. The number of nitrogens with zero attached hydrogens (tertiary/aromatic N) is 2. The van der Waals surface area contributed by atoms with Crippen molar-refractivity contribution >= 4 is 22.7 Å². The molecule has 0 aliphatic rings. The van der Waals surface area contributed by atoms with Gasteiger partial charge in [-0.25, -0.2) is 4.98 Å². The molecule has 0 saturated carbocycles. The summed E-state index contributed by atoms with van der Waals surface area (Å²) in [6.07, 6.45) is 3.61. The zero-order valence-corrected chi connectivity index (χ0v) is 10.5. The third kappa shape index (κ3) is 2.42. The van der Waals surface area contributed by atoms with Crippen LogP contribution in [0.4, 0.5) is 11.8 Å². The van der Waals surface area contributed by atoms with Gasteiger partial charge >= 0.3 is 0 Å². The van der Waals surface area contributed by atoms with Crippen LogP contribution in [0, 0.1) is 0 Å². The Hall–Kier alpha value is -2.11. The molecule has 6 heteroatoms. The highest BCUT2D eigenvalue weighted by atomic mass is 16.1. The predicted molar refractivity (Wildman–Crippen MR) is 72.6 cm³/mol. The molecule has 6 nitrogen and oxygen atoms in total. The van der Waals surface area contributed by atoms with Crippen LogP contribution in [0.15, 0.2) is 17.1 Å². The maximum atomic E-state index is 11.8. The van der Waals surface area contributed by atoms with Gasteiger partial charge in [-0.05, 0) is 19.4 Å². The summed E-state index contributed by atoms with van der Waals surface area (Å²) in [6.45, 7) is 4.15. The molecule has 0 radical (unpaired) electrons. The van der Waals surface area contributed by atoms with E-state index in [1.54, 1.807) is 12.3 Å². The summed E-state index contributed by atoms with van der Waals surface area (Å²) in [6, 6.07) is 1.94. The van der Waals surface area contributed by atoms with Crippen LogP contribution in [0.5, 0.6) is 0 Å². The molecule has 0 spiro atoms. The summed E-state index contributed by atoms with van der Waals surface area (Å²) in [4.78, 5) is 22.6. The quantitative estimate of drug-likeness (QED) is 0.760. The fourth-order valence-electron chi connectivity index (χ4n) is 1.95. The molecular formula is C12H17N5O. The lowest BCUT2D eigenvalue weighted by Crippen LogP contribution is -2.19. The van der Waals surface area contributed by atoms with Crippen molar-refractivity contribution in [2.75, 3.05) is 11.1 Å². The standard InChI is InChI=1S/C12H17N5O/c1-3-4-7(2)15-10-9-8(16-12(13)17-10)5-6-14-11(9)18/h5-7H,3-4H2,1-2H3,(H,14,18)(H3,13,15,16,17)/t7-/m1/s1. The molecule has 0 amide bonds. The molecule has 4 N–H and O–H groups in total. The van der Waals surface area contributed by atoms with Crippen molar-refractivity contribution in [1.82, 2.24) is 15.0 Å². The largest absolute Gasteiger partial charge is 0.368 e. The average Bonchev–Trinajstić information content (AvgIpc) is 2.28. The zero-order valence-electron chi connectivity index (χ0n) is 10.5. The maximum Gasteiger partial charge on any atom is 0.261 e. The van der Waals surface area contributed by atoms with Gasteiger partial charge < -0.3 is 16.0 Å². The summed E-state index contributed by atoms with van der Waals surface area (Å²) in [5.41, 5.74) is 5.99. The number of aromatic nitrogens is 3. The molecule has 0 aliphatic heterocycles. The number of anilines is 2. The topological polar surface area (TPSA) is 96.7 Å². The van der Waals surface area contributed by atoms with E-state index in [4.69, 9.17) is 5.73 Å². The van der Waals surface area contributed by atoms with E-state index in [-0.39, 0.29) is 17.5 Å². The number of rotatable bonds is 4. The monoisotopic (exact) mass is 247 g/mol. The molecule has 2 heterocycles. The lowest BCUT2D eigenvalue weighted by Gasteiger charge is -2.14. The van der Waals surface area contributed by atoms with Gasteiger partial charge in [0.1, 0.15) is 11.2 Å².